The predicted octanol–water partition coefficient (Wildman–Crippen LogP) is 1.98. The van der Waals surface area contributed by atoms with Crippen LogP contribution in [0.25, 0.3) is 0 Å². The van der Waals surface area contributed by atoms with Gasteiger partial charge < -0.3 is 5.11 Å². The fourth-order valence-corrected chi connectivity index (χ4v) is 3.40. The SMILES string of the molecule is CC(CCNS(=O)(=O)c1ccc(F)cc1Br)C(=O)O. The maximum atomic E-state index is 12.9. The Hall–Kier alpha value is -0.990. The van der Waals surface area contributed by atoms with Crippen LogP contribution >= 0.6 is 15.9 Å². The fraction of sp³-hybridized carbons (Fsp3) is 0.364. The quantitative estimate of drug-likeness (QED) is 0.818. The zero-order chi connectivity index (χ0) is 14.6. The van der Waals surface area contributed by atoms with Crippen LogP contribution < -0.4 is 4.72 Å². The lowest BCUT2D eigenvalue weighted by Crippen LogP contribution is -2.27. The molecule has 106 valence electrons. The molecule has 0 saturated carbocycles. The van der Waals surface area contributed by atoms with E-state index in [9.17, 15) is 17.6 Å². The van der Waals surface area contributed by atoms with E-state index in [2.05, 4.69) is 20.7 Å². The number of halogens is 2. The van der Waals surface area contributed by atoms with Gasteiger partial charge in [0.05, 0.1) is 10.8 Å². The van der Waals surface area contributed by atoms with Crippen molar-refractivity contribution in [1.29, 1.82) is 0 Å². The molecule has 0 heterocycles. The highest BCUT2D eigenvalue weighted by atomic mass is 79.9. The maximum Gasteiger partial charge on any atom is 0.306 e. The molecule has 1 atom stereocenters. The summed E-state index contributed by atoms with van der Waals surface area (Å²) in [5.41, 5.74) is 0. The first-order valence-corrected chi connectivity index (χ1v) is 7.69. The Labute approximate surface area is 119 Å². The van der Waals surface area contributed by atoms with Crippen LogP contribution in [0.2, 0.25) is 0 Å². The van der Waals surface area contributed by atoms with Crippen molar-refractivity contribution in [3.8, 4) is 0 Å². The Kier molecular flexibility index (Phi) is 5.45. The standard InChI is InChI=1S/C11H13BrFNO4S/c1-7(11(15)16)4-5-14-19(17,18)10-3-2-8(13)6-9(10)12/h2-3,6-7,14H,4-5H2,1H3,(H,15,16). The van der Waals surface area contributed by atoms with Crippen LogP contribution in [0.15, 0.2) is 27.6 Å². The Morgan fingerprint density at radius 3 is 2.68 bits per heavy atom. The van der Waals surface area contributed by atoms with Crippen LogP contribution in [0.5, 0.6) is 0 Å². The van der Waals surface area contributed by atoms with Gasteiger partial charge in [-0.05, 0) is 40.5 Å². The van der Waals surface area contributed by atoms with E-state index in [1.165, 1.54) is 6.92 Å². The topological polar surface area (TPSA) is 83.5 Å². The molecule has 1 unspecified atom stereocenters. The molecule has 0 aliphatic heterocycles. The van der Waals surface area contributed by atoms with Gasteiger partial charge in [-0.1, -0.05) is 6.92 Å². The molecule has 1 aromatic rings. The molecule has 0 amide bonds. The molecular formula is C11H13BrFNO4S. The number of hydrogen-bond acceptors (Lipinski definition) is 3. The third-order valence-electron chi connectivity index (χ3n) is 2.47. The second-order valence-electron chi connectivity index (χ2n) is 4.00. The molecule has 0 fully saturated rings. The summed E-state index contributed by atoms with van der Waals surface area (Å²) in [6.07, 6.45) is 0.174. The molecule has 1 aromatic carbocycles. The summed E-state index contributed by atoms with van der Waals surface area (Å²) < 4.78 is 39.1. The van der Waals surface area contributed by atoms with Gasteiger partial charge in [0.1, 0.15) is 5.82 Å². The van der Waals surface area contributed by atoms with E-state index in [-0.39, 0.29) is 22.3 Å². The summed E-state index contributed by atoms with van der Waals surface area (Å²) in [5, 5.41) is 8.68. The molecule has 0 bridgehead atoms. The lowest BCUT2D eigenvalue weighted by molar-refractivity contribution is -0.141. The molecule has 2 N–H and O–H groups in total. The van der Waals surface area contributed by atoms with Crippen molar-refractivity contribution < 1.29 is 22.7 Å². The second kappa shape index (κ2) is 6.44. The summed E-state index contributed by atoms with van der Waals surface area (Å²) in [6.45, 7) is 1.49. The van der Waals surface area contributed by atoms with Crippen LogP contribution in [-0.4, -0.2) is 26.0 Å². The average molecular weight is 354 g/mol. The first-order chi connectivity index (χ1) is 8.74. The van der Waals surface area contributed by atoms with E-state index >= 15 is 0 Å². The summed E-state index contributed by atoms with van der Waals surface area (Å²) >= 11 is 2.97. The number of carboxylic acid groups (broad SMARTS) is 1. The van der Waals surface area contributed by atoms with Crippen LogP contribution in [0, 0.1) is 11.7 Å². The molecule has 5 nitrogen and oxygen atoms in total. The van der Waals surface area contributed by atoms with Crippen molar-refractivity contribution in [1.82, 2.24) is 4.72 Å². The van der Waals surface area contributed by atoms with E-state index in [4.69, 9.17) is 5.11 Å². The fourth-order valence-electron chi connectivity index (χ4n) is 1.30. The number of benzene rings is 1. The normalized spacial score (nSPS) is 13.2. The van der Waals surface area contributed by atoms with E-state index in [1.807, 2.05) is 0 Å². The zero-order valence-corrected chi connectivity index (χ0v) is 12.5. The molecule has 8 heteroatoms. The summed E-state index contributed by atoms with van der Waals surface area (Å²) in [5.74, 6) is -2.17. The zero-order valence-electron chi connectivity index (χ0n) is 10.1. The van der Waals surface area contributed by atoms with Crippen molar-refractivity contribution in [2.45, 2.75) is 18.2 Å². The largest absolute Gasteiger partial charge is 0.481 e. The number of rotatable bonds is 6. The van der Waals surface area contributed by atoms with E-state index < -0.39 is 27.7 Å². The minimum absolute atomic E-state index is 0.000381. The van der Waals surface area contributed by atoms with Gasteiger partial charge in [-0.25, -0.2) is 17.5 Å². The van der Waals surface area contributed by atoms with Crippen LogP contribution in [0.1, 0.15) is 13.3 Å². The Balaban J connectivity index is 2.74. The van der Waals surface area contributed by atoms with Crippen molar-refractivity contribution in [3.05, 3.63) is 28.5 Å². The highest BCUT2D eigenvalue weighted by Gasteiger charge is 2.19. The van der Waals surface area contributed by atoms with Gasteiger partial charge >= 0.3 is 5.97 Å². The van der Waals surface area contributed by atoms with Gasteiger partial charge in [0.2, 0.25) is 10.0 Å². The minimum Gasteiger partial charge on any atom is -0.481 e. The number of sulfonamides is 1. The molecule has 0 aliphatic rings. The molecule has 0 spiro atoms. The first-order valence-electron chi connectivity index (χ1n) is 5.41. The number of carboxylic acids is 1. The maximum absolute atomic E-state index is 12.9. The van der Waals surface area contributed by atoms with Gasteiger partial charge in [0, 0.05) is 11.0 Å². The average Bonchev–Trinajstić information content (AvgIpc) is 2.27. The third-order valence-corrected chi connectivity index (χ3v) is 4.91. The highest BCUT2D eigenvalue weighted by molar-refractivity contribution is 9.10. The smallest absolute Gasteiger partial charge is 0.306 e. The molecule has 0 aromatic heterocycles. The van der Waals surface area contributed by atoms with Gasteiger partial charge in [-0.3, -0.25) is 4.79 Å². The van der Waals surface area contributed by atoms with Crippen LogP contribution in [0.4, 0.5) is 4.39 Å². The summed E-state index contributed by atoms with van der Waals surface area (Å²) in [6, 6.07) is 3.23. The van der Waals surface area contributed by atoms with E-state index in [1.54, 1.807) is 0 Å². The Morgan fingerprint density at radius 1 is 1.53 bits per heavy atom. The van der Waals surface area contributed by atoms with Gasteiger partial charge in [-0.15, -0.1) is 0 Å². The van der Waals surface area contributed by atoms with Crippen molar-refractivity contribution in [2.24, 2.45) is 5.92 Å². The molecular weight excluding hydrogens is 341 g/mol. The summed E-state index contributed by atoms with van der Waals surface area (Å²) in [7, 11) is -3.79. The second-order valence-corrected chi connectivity index (χ2v) is 6.59. The molecule has 0 radical (unpaired) electrons. The lowest BCUT2D eigenvalue weighted by Gasteiger charge is -2.10. The molecule has 0 saturated heterocycles. The summed E-state index contributed by atoms with van der Waals surface area (Å²) in [4.78, 5) is 10.5. The van der Waals surface area contributed by atoms with E-state index in [0.29, 0.717) is 0 Å². The molecule has 0 aliphatic carbocycles. The number of nitrogens with one attached hydrogen (secondary N) is 1. The lowest BCUT2D eigenvalue weighted by atomic mass is 10.1. The highest BCUT2D eigenvalue weighted by Crippen LogP contribution is 2.22. The van der Waals surface area contributed by atoms with Crippen molar-refractivity contribution in [2.75, 3.05) is 6.54 Å². The molecule has 19 heavy (non-hydrogen) atoms. The Bertz CT molecular complexity index is 576. The van der Waals surface area contributed by atoms with Crippen LogP contribution in [-0.2, 0) is 14.8 Å². The molecule has 1 rings (SSSR count). The van der Waals surface area contributed by atoms with E-state index in [0.717, 1.165) is 18.2 Å². The monoisotopic (exact) mass is 353 g/mol. The Morgan fingerprint density at radius 2 is 2.16 bits per heavy atom. The minimum atomic E-state index is -3.79. The number of aliphatic carboxylic acids is 1. The number of carbonyl (C=O) groups is 1. The first kappa shape index (κ1) is 16.1. The third kappa shape index (κ3) is 4.55. The van der Waals surface area contributed by atoms with Gasteiger partial charge in [0.15, 0.2) is 0 Å². The van der Waals surface area contributed by atoms with Crippen LogP contribution in [0.3, 0.4) is 0 Å². The van der Waals surface area contributed by atoms with Gasteiger partial charge in [-0.2, -0.15) is 0 Å². The van der Waals surface area contributed by atoms with Gasteiger partial charge in [0.25, 0.3) is 0 Å². The van der Waals surface area contributed by atoms with Crippen molar-refractivity contribution in [3.63, 3.8) is 0 Å². The predicted molar refractivity (Wildman–Crippen MR) is 70.7 cm³/mol. The van der Waals surface area contributed by atoms with Crippen molar-refractivity contribution >= 4 is 31.9 Å². The number of hydrogen-bond donors (Lipinski definition) is 2.